The molecule has 0 radical (unpaired) electrons. The highest BCUT2D eigenvalue weighted by molar-refractivity contribution is 7.80. The molecule has 4 heteroatoms. The first-order chi connectivity index (χ1) is 8.66. The SMILES string of the molecule is NC(=S)c1ccc(OC2CCCCCC2)cc1Cl. The van der Waals surface area contributed by atoms with Gasteiger partial charge in [-0.3, -0.25) is 0 Å². The Bertz CT molecular complexity index is 428. The van der Waals surface area contributed by atoms with E-state index in [1.165, 1.54) is 25.7 Å². The molecule has 1 fully saturated rings. The molecule has 0 unspecified atom stereocenters. The van der Waals surface area contributed by atoms with Crippen LogP contribution in [0.25, 0.3) is 0 Å². The Hall–Kier alpha value is -0.800. The first-order valence-electron chi connectivity index (χ1n) is 6.43. The fourth-order valence-corrected chi connectivity index (χ4v) is 2.83. The molecular weight excluding hydrogens is 266 g/mol. The van der Waals surface area contributed by atoms with Crippen molar-refractivity contribution in [2.24, 2.45) is 5.73 Å². The Balaban J connectivity index is 2.05. The lowest BCUT2D eigenvalue weighted by Crippen LogP contribution is -2.15. The predicted octanol–water partition coefficient (Wildman–Crippen LogP) is 4.08. The maximum atomic E-state index is 6.13. The van der Waals surface area contributed by atoms with Gasteiger partial charge < -0.3 is 10.5 Å². The van der Waals surface area contributed by atoms with E-state index in [0.29, 0.717) is 21.7 Å². The summed E-state index contributed by atoms with van der Waals surface area (Å²) in [7, 11) is 0. The van der Waals surface area contributed by atoms with Crippen LogP contribution in [0.2, 0.25) is 5.02 Å². The van der Waals surface area contributed by atoms with E-state index in [-0.39, 0.29) is 0 Å². The Labute approximate surface area is 118 Å². The van der Waals surface area contributed by atoms with Crippen molar-refractivity contribution in [3.63, 3.8) is 0 Å². The van der Waals surface area contributed by atoms with Crippen molar-refractivity contribution in [2.75, 3.05) is 0 Å². The predicted molar refractivity (Wildman–Crippen MR) is 79.5 cm³/mol. The van der Waals surface area contributed by atoms with Crippen LogP contribution in [-0.4, -0.2) is 11.1 Å². The van der Waals surface area contributed by atoms with Crippen LogP contribution in [0, 0.1) is 0 Å². The molecule has 0 spiro atoms. The van der Waals surface area contributed by atoms with Crippen molar-refractivity contribution in [1.29, 1.82) is 0 Å². The molecule has 1 aromatic rings. The van der Waals surface area contributed by atoms with Crippen molar-refractivity contribution in [3.8, 4) is 5.75 Å². The van der Waals surface area contributed by atoms with Gasteiger partial charge in [0, 0.05) is 5.56 Å². The van der Waals surface area contributed by atoms with Crippen LogP contribution < -0.4 is 10.5 Å². The molecular formula is C14H18ClNOS. The van der Waals surface area contributed by atoms with Crippen molar-refractivity contribution in [3.05, 3.63) is 28.8 Å². The Kier molecular flexibility index (Phi) is 4.84. The van der Waals surface area contributed by atoms with E-state index in [1.54, 1.807) is 6.07 Å². The zero-order valence-corrected chi connectivity index (χ0v) is 11.9. The molecule has 0 heterocycles. The Morgan fingerprint density at radius 2 is 1.89 bits per heavy atom. The zero-order valence-electron chi connectivity index (χ0n) is 10.3. The fourth-order valence-electron chi connectivity index (χ4n) is 2.32. The lowest BCUT2D eigenvalue weighted by molar-refractivity contribution is 0.184. The van der Waals surface area contributed by atoms with Gasteiger partial charge in [-0.05, 0) is 43.9 Å². The Morgan fingerprint density at radius 1 is 1.22 bits per heavy atom. The molecule has 98 valence electrons. The van der Waals surface area contributed by atoms with E-state index >= 15 is 0 Å². The van der Waals surface area contributed by atoms with E-state index < -0.39 is 0 Å². The fraction of sp³-hybridized carbons (Fsp3) is 0.500. The first-order valence-corrected chi connectivity index (χ1v) is 7.21. The number of hydrogen-bond acceptors (Lipinski definition) is 2. The zero-order chi connectivity index (χ0) is 13.0. The monoisotopic (exact) mass is 283 g/mol. The molecule has 1 aliphatic carbocycles. The molecule has 0 aliphatic heterocycles. The summed E-state index contributed by atoms with van der Waals surface area (Å²) in [4.78, 5) is 0.320. The van der Waals surface area contributed by atoms with Gasteiger partial charge in [-0.25, -0.2) is 0 Å². The summed E-state index contributed by atoms with van der Waals surface area (Å²) in [5.41, 5.74) is 6.28. The number of halogens is 1. The molecule has 2 nitrogen and oxygen atoms in total. The summed E-state index contributed by atoms with van der Waals surface area (Å²) in [6, 6.07) is 5.53. The number of nitrogens with two attached hydrogens (primary N) is 1. The van der Waals surface area contributed by atoms with Crippen LogP contribution in [-0.2, 0) is 0 Å². The minimum Gasteiger partial charge on any atom is -0.490 e. The minimum atomic E-state index is 0.319. The minimum absolute atomic E-state index is 0.319. The average Bonchev–Trinajstić information content (AvgIpc) is 2.57. The molecule has 1 saturated carbocycles. The van der Waals surface area contributed by atoms with Crippen LogP contribution in [0.1, 0.15) is 44.1 Å². The second kappa shape index (κ2) is 6.39. The summed E-state index contributed by atoms with van der Waals surface area (Å²) < 4.78 is 5.98. The third-order valence-corrected chi connectivity index (χ3v) is 3.84. The lowest BCUT2D eigenvalue weighted by atomic mass is 10.1. The van der Waals surface area contributed by atoms with Crippen LogP contribution in [0.15, 0.2) is 18.2 Å². The average molecular weight is 284 g/mol. The number of rotatable bonds is 3. The van der Waals surface area contributed by atoms with Crippen molar-refractivity contribution >= 4 is 28.8 Å². The second-order valence-corrected chi connectivity index (χ2v) is 5.58. The molecule has 18 heavy (non-hydrogen) atoms. The number of hydrogen-bond donors (Lipinski definition) is 1. The highest BCUT2D eigenvalue weighted by atomic mass is 35.5. The summed E-state index contributed by atoms with van der Waals surface area (Å²) in [6.45, 7) is 0. The molecule has 2 rings (SSSR count). The lowest BCUT2D eigenvalue weighted by Gasteiger charge is -2.17. The standard InChI is InChI=1S/C14H18ClNOS/c15-13-9-11(7-8-12(13)14(16)18)17-10-5-3-1-2-4-6-10/h7-10H,1-6H2,(H2,16,18). The smallest absolute Gasteiger partial charge is 0.121 e. The van der Waals surface area contributed by atoms with E-state index in [4.69, 9.17) is 34.3 Å². The van der Waals surface area contributed by atoms with Crippen LogP contribution in [0.4, 0.5) is 0 Å². The maximum absolute atomic E-state index is 6.13. The van der Waals surface area contributed by atoms with Gasteiger partial charge in [-0.2, -0.15) is 0 Å². The van der Waals surface area contributed by atoms with Crippen LogP contribution >= 0.6 is 23.8 Å². The molecule has 0 amide bonds. The summed E-state index contributed by atoms with van der Waals surface area (Å²) in [5.74, 6) is 0.812. The van der Waals surface area contributed by atoms with E-state index in [0.717, 1.165) is 18.6 Å². The number of benzene rings is 1. The Morgan fingerprint density at radius 3 is 2.44 bits per heavy atom. The van der Waals surface area contributed by atoms with Crippen LogP contribution in [0.3, 0.4) is 0 Å². The molecule has 0 saturated heterocycles. The number of thiocarbonyl (C=S) groups is 1. The van der Waals surface area contributed by atoms with E-state index in [2.05, 4.69) is 0 Å². The van der Waals surface area contributed by atoms with Gasteiger partial charge in [0.05, 0.1) is 11.1 Å². The normalized spacial score (nSPS) is 17.2. The van der Waals surface area contributed by atoms with Crippen molar-refractivity contribution in [1.82, 2.24) is 0 Å². The van der Waals surface area contributed by atoms with Crippen molar-refractivity contribution in [2.45, 2.75) is 44.6 Å². The molecule has 2 N–H and O–H groups in total. The van der Waals surface area contributed by atoms with E-state index in [1.807, 2.05) is 12.1 Å². The third-order valence-electron chi connectivity index (χ3n) is 3.31. The van der Waals surface area contributed by atoms with E-state index in [9.17, 15) is 0 Å². The van der Waals surface area contributed by atoms with Gasteiger partial charge in [0.2, 0.25) is 0 Å². The van der Waals surface area contributed by atoms with Gasteiger partial charge in [0.25, 0.3) is 0 Å². The summed E-state index contributed by atoms with van der Waals surface area (Å²) in [5, 5.41) is 0.564. The molecule has 0 bridgehead atoms. The van der Waals surface area contributed by atoms with Gasteiger partial charge >= 0.3 is 0 Å². The molecule has 0 aromatic heterocycles. The summed E-state index contributed by atoms with van der Waals surface area (Å²) >= 11 is 11.1. The second-order valence-electron chi connectivity index (χ2n) is 4.74. The summed E-state index contributed by atoms with van der Waals surface area (Å²) in [6.07, 6.45) is 7.73. The van der Waals surface area contributed by atoms with Crippen LogP contribution in [0.5, 0.6) is 5.75 Å². The first kappa shape index (κ1) is 13.6. The topological polar surface area (TPSA) is 35.2 Å². The highest BCUT2D eigenvalue weighted by Crippen LogP contribution is 2.26. The highest BCUT2D eigenvalue weighted by Gasteiger charge is 2.14. The number of ether oxygens (including phenoxy) is 1. The molecule has 1 aliphatic rings. The molecule has 1 aromatic carbocycles. The van der Waals surface area contributed by atoms with Crippen molar-refractivity contribution < 1.29 is 4.74 Å². The largest absolute Gasteiger partial charge is 0.490 e. The van der Waals surface area contributed by atoms with Gasteiger partial charge in [-0.15, -0.1) is 0 Å². The maximum Gasteiger partial charge on any atom is 0.121 e. The van der Waals surface area contributed by atoms with Gasteiger partial charge in [0.1, 0.15) is 10.7 Å². The third kappa shape index (κ3) is 3.59. The van der Waals surface area contributed by atoms with Gasteiger partial charge in [0.15, 0.2) is 0 Å². The van der Waals surface area contributed by atoms with Gasteiger partial charge in [-0.1, -0.05) is 36.7 Å². The molecule has 0 atom stereocenters. The quantitative estimate of drug-likeness (QED) is 0.671.